The normalized spacial score (nSPS) is 10.3. The fourth-order valence-corrected chi connectivity index (χ4v) is 2.37. The number of furan rings is 1. The summed E-state index contributed by atoms with van der Waals surface area (Å²) in [5, 5.41) is 3.01. The second-order valence-electron chi connectivity index (χ2n) is 4.39. The number of esters is 1. The summed E-state index contributed by atoms with van der Waals surface area (Å²) in [5.41, 5.74) is 0. The third-order valence-electron chi connectivity index (χ3n) is 2.71. The van der Waals surface area contributed by atoms with Crippen molar-refractivity contribution >= 4 is 39.4 Å². The van der Waals surface area contributed by atoms with Crippen molar-refractivity contribution in [2.45, 2.75) is 12.8 Å². The summed E-state index contributed by atoms with van der Waals surface area (Å²) in [6.07, 6.45) is 2.05. The number of carbonyl (C=O) groups is 2. The number of amides is 1. The highest BCUT2D eigenvalue weighted by Crippen LogP contribution is 2.28. The Morgan fingerprint density at radius 1 is 1.32 bits per heavy atom. The predicted octanol–water partition coefficient (Wildman–Crippen LogP) is 3.81. The van der Waals surface area contributed by atoms with E-state index in [0.29, 0.717) is 23.7 Å². The van der Waals surface area contributed by atoms with Crippen LogP contribution in [0.15, 0.2) is 45.5 Å². The summed E-state index contributed by atoms with van der Waals surface area (Å²) in [6.45, 7) is 0.350. The number of hydrogen-bond acceptors (Lipinski definition) is 4. The molecule has 0 atom stereocenters. The molecule has 0 aliphatic heterocycles. The SMILES string of the molecule is O=C(CCCNC(=O)c1ccco1)Oc1ccc(Br)cc1Cl. The Bertz CT molecular complexity index is 658. The molecule has 22 heavy (non-hydrogen) atoms. The Balaban J connectivity index is 1.71. The molecule has 0 saturated carbocycles. The molecule has 2 aromatic rings. The van der Waals surface area contributed by atoms with Crippen LogP contribution < -0.4 is 10.1 Å². The fourth-order valence-electron chi connectivity index (χ4n) is 1.66. The quantitative estimate of drug-likeness (QED) is 0.466. The van der Waals surface area contributed by atoms with E-state index < -0.39 is 5.97 Å². The van der Waals surface area contributed by atoms with Gasteiger partial charge < -0.3 is 14.5 Å². The third-order valence-corrected chi connectivity index (χ3v) is 3.49. The van der Waals surface area contributed by atoms with Crippen LogP contribution in [0.3, 0.4) is 0 Å². The lowest BCUT2D eigenvalue weighted by atomic mass is 10.3. The van der Waals surface area contributed by atoms with E-state index >= 15 is 0 Å². The molecule has 1 N–H and O–H groups in total. The number of carbonyl (C=O) groups excluding carboxylic acids is 2. The molecule has 0 spiro atoms. The molecule has 2 rings (SSSR count). The number of nitrogens with one attached hydrogen (secondary N) is 1. The van der Waals surface area contributed by atoms with Gasteiger partial charge in [0.25, 0.3) is 5.91 Å². The second-order valence-corrected chi connectivity index (χ2v) is 5.71. The standard InChI is InChI=1S/C15H13BrClNO4/c16-10-5-6-12(11(17)9-10)22-14(19)4-1-7-18-15(20)13-3-2-8-21-13/h2-3,5-6,8-9H,1,4,7H2,(H,18,20). The molecule has 1 amide bonds. The van der Waals surface area contributed by atoms with Crippen LogP contribution >= 0.6 is 27.5 Å². The molecule has 7 heteroatoms. The molecule has 1 aromatic carbocycles. The van der Waals surface area contributed by atoms with Crippen LogP contribution in [0.1, 0.15) is 23.4 Å². The Hall–Kier alpha value is -1.79. The lowest BCUT2D eigenvalue weighted by Crippen LogP contribution is -2.24. The van der Waals surface area contributed by atoms with Gasteiger partial charge in [0.05, 0.1) is 11.3 Å². The van der Waals surface area contributed by atoms with Gasteiger partial charge in [0.15, 0.2) is 5.76 Å². The van der Waals surface area contributed by atoms with Crippen molar-refractivity contribution in [3.05, 3.63) is 51.9 Å². The van der Waals surface area contributed by atoms with E-state index in [2.05, 4.69) is 21.2 Å². The van der Waals surface area contributed by atoms with Gasteiger partial charge >= 0.3 is 5.97 Å². The van der Waals surface area contributed by atoms with Crippen molar-refractivity contribution in [2.24, 2.45) is 0 Å². The van der Waals surface area contributed by atoms with Crippen LogP contribution in [0, 0.1) is 0 Å². The summed E-state index contributed by atoms with van der Waals surface area (Å²) in [6, 6.07) is 8.20. The van der Waals surface area contributed by atoms with Gasteiger partial charge in [-0.2, -0.15) is 0 Å². The Morgan fingerprint density at radius 2 is 2.14 bits per heavy atom. The summed E-state index contributed by atoms with van der Waals surface area (Å²) in [4.78, 5) is 23.3. The molecule has 116 valence electrons. The Kier molecular flexibility index (Phi) is 6.03. The Labute approximate surface area is 140 Å². The van der Waals surface area contributed by atoms with Gasteiger partial charge in [-0.25, -0.2) is 0 Å². The molecule has 0 bridgehead atoms. The average molecular weight is 387 g/mol. The maximum absolute atomic E-state index is 11.7. The highest BCUT2D eigenvalue weighted by atomic mass is 79.9. The number of hydrogen-bond donors (Lipinski definition) is 1. The van der Waals surface area contributed by atoms with E-state index in [9.17, 15) is 9.59 Å². The van der Waals surface area contributed by atoms with Crippen LogP contribution in [0.2, 0.25) is 5.02 Å². The maximum atomic E-state index is 11.7. The van der Waals surface area contributed by atoms with Crippen LogP contribution in [-0.4, -0.2) is 18.4 Å². The number of halogens is 2. The Morgan fingerprint density at radius 3 is 2.82 bits per heavy atom. The molecule has 1 aromatic heterocycles. The van der Waals surface area contributed by atoms with Crippen molar-refractivity contribution in [1.82, 2.24) is 5.32 Å². The maximum Gasteiger partial charge on any atom is 0.311 e. The first-order chi connectivity index (χ1) is 10.6. The first-order valence-corrected chi connectivity index (χ1v) is 7.71. The predicted molar refractivity (Wildman–Crippen MR) is 85.1 cm³/mol. The van der Waals surface area contributed by atoms with Gasteiger partial charge in [-0.1, -0.05) is 27.5 Å². The summed E-state index contributed by atoms with van der Waals surface area (Å²) < 4.78 is 10.9. The zero-order valence-corrected chi connectivity index (χ0v) is 13.8. The van der Waals surface area contributed by atoms with E-state index in [1.165, 1.54) is 6.26 Å². The number of benzene rings is 1. The van der Waals surface area contributed by atoms with E-state index in [0.717, 1.165) is 4.47 Å². The lowest BCUT2D eigenvalue weighted by Gasteiger charge is -2.07. The smallest absolute Gasteiger partial charge is 0.311 e. The molecule has 0 fully saturated rings. The van der Waals surface area contributed by atoms with E-state index in [4.69, 9.17) is 20.8 Å². The van der Waals surface area contributed by atoms with Crippen molar-refractivity contribution in [3.63, 3.8) is 0 Å². The van der Waals surface area contributed by atoms with Gasteiger partial charge in [0.2, 0.25) is 0 Å². The molecule has 0 aliphatic carbocycles. The first kappa shape index (κ1) is 16.6. The minimum atomic E-state index is -0.406. The van der Waals surface area contributed by atoms with Crippen LogP contribution in [0.25, 0.3) is 0 Å². The van der Waals surface area contributed by atoms with Gasteiger partial charge in [-0.15, -0.1) is 0 Å². The van der Waals surface area contributed by atoms with Gasteiger partial charge in [-0.05, 0) is 36.8 Å². The van der Waals surface area contributed by atoms with Crippen LogP contribution in [-0.2, 0) is 4.79 Å². The van der Waals surface area contributed by atoms with E-state index in [1.807, 2.05) is 0 Å². The minimum absolute atomic E-state index is 0.171. The number of ether oxygens (including phenoxy) is 1. The molecular formula is C15H13BrClNO4. The third kappa shape index (κ3) is 4.89. The van der Waals surface area contributed by atoms with Crippen molar-refractivity contribution in [1.29, 1.82) is 0 Å². The van der Waals surface area contributed by atoms with Crippen molar-refractivity contribution in [2.75, 3.05) is 6.54 Å². The summed E-state index contributed by atoms with van der Waals surface area (Å²) in [7, 11) is 0. The van der Waals surface area contributed by atoms with Crippen molar-refractivity contribution in [3.8, 4) is 5.75 Å². The van der Waals surface area contributed by atoms with E-state index in [1.54, 1.807) is 30.3 Å². The highest BCUT2D eigenvalue weighted by Gasteiger charge is 2.10. The topological polar surface area (TPSA) is 68.5 Å². The molecule has 0 unspecified atom stereocenters. The summed E-state index contributed by atoms with van der Waals surface area (Å²) in [5.74, 6) is -0.162. The molecule has 0 saturated heterocycles. The molecule has 1 heterocycles. The molecular weight excluding hydrogens is 374 g/mol. The molecule has 0 aliphatic rings. The lowest BCUT2D eigenvalue weighted by molar-refractivity contribution is -0.134. The van der Waals surface area contributed by atoms with Gasteiger partial charge in [-0.3, -0.25) is 9.59 Å². The zero-order chi connectivity index (χ0) is 15.9. The monoisotopic (exact) mass is 385 g/mol. The summed E-state index contributed by atoms with van der Waals surface area (Å²) >= 11 is 9.23. The first-order valence-electron chi connectivity index (χ1n) is 6.53. The van der Waals surface area contributed by atoms with Crippen LogP contribution in [0.5, 0.6) is 5.75 Å². The van der Waals surface area contributed by atoms with Gasteiger partial charge in [0, 0.05) is 17.4 Å². The number of rotatable bonds is 6. The molecule has 0 radical (unpaired) electrons. The average Bonchev–Trinajstić information content (AvgIpc) is 3.01. The van der Waals surface area contributed by atoms with Gasteiger partial charge in [0.1, 0.15) is 5.75 Å². The highest BCUT2D eigenvalue weighted by molar-refractivity contribution is 9.10. The van der Waals surface area contributed by atoms with Crippen molar-refractivity contribution < 1.29 is 18.7 Å². The van der Waals surface area contributed by atoms with Crippen LogP contribution in [0.4, 0.5) is 0 Å². The second kappa shape index (κ2) is 8.00. The minimum Gasteiger partial charge on any atom is -0.459 e. The molecule has 5 nitrogen and oxygen atoms in total. The zero-order valence-electron chi connectivity index (χ0n) is 11.5. The van der Waals surface area contributed by atoms with E-state index in [-0.39, 0.29) is 18.1 Å². The fraction of sp³-hybridized carbons (Fsp3) is 0.200. The largest absolute Gasteiger partial charge is 0.459 e.